The third-order valence-electron chi connectivity index (χ3n) is 4.64. The summed E-state index contributed by atoms with van der Waals surface area (Å²) in [6.07, 6.45) is 5.38. The van der Waals surface area contributed by atoms with E-state index in [9.17, 15) is 4.79 Å². The fourth-order valence-electron chi connectivity index (χ4n) is 3.31. The quantitative estimate of drug-likeness (QED) is 0.939. The first-order chi connectivity index (χ1) is 11.6. The lowest BCUT2D eigenvalue weighted by Gasteiger charge is -2.32. The molecule has 1 aromatic heterocycles. The summed E-state index contributed by atoms with van der Waals surface area (Å²) in [5, 5.41) is 3.17. The van der Waals surface area contributed by atoms with Gasteiger partial charge in [-0.05, 0) is 43.9 Å². The van der Waals surface area contributed by atoms with Crippen molar-refractivity contribution in [3.05, 3.63) is 53.9 Å². The predicted octanol–water partition coefficient (Wildman–Crippen LogP) is 2.88. The summed E-state index contributed by atoms with van der Waals surface area (Å²) < 4.78 is 0. The van der Waals surface area contributed by atoms with Crippen LogP contribution in [0.4, 0.5) is 5.95 Å². The van der Waals surface area contributed by atoms with E-state index in [1.54, 1.807) is 12.4 Å². The highest BCUT2D eigenvalue weighted by Crippen LogP contribution is 2.22. The smallest absolute Gasteiger partial charge is 0.225 e. The molecule has 24 heavy (non-hydrogen) atoms. The fraction of sp³-hybridized carbons (Fsp3) is 0.421. The van der Waals surface area contributed by atoms with E-state index in [1.807, 2.05) is 25.1 Å². The van der Waals surface area contributed by atoms with Gasteiger partial charge in [-0.2, -0.15) is 0 Å². The first kappa shape index (κ1) is 16.4. The Labute approximate surface area is 143 Å². The highest BCUT2D eigenvalue weighted by molar-refractivity contribution is 5.80. The van der Waals surface area contributed by atoms with E-state index in [2.05, 4.69) is 39.2 Å². The molecule has 1 aromatic carbocycles. The van der Waals surface area contributed by atoms with Crippen LogP contribution in [-0.2, 0) is 4.79 Å². The minimum absolute atomic E-state index is 0.0158. The van der Waals surface area contributed by atoms with Gasteiger partial charge in [0.05, 0.1) is 12.0 Å². The topological polar surface area (TPSA) is 58.1 Å². The van der Waals surface area contributed by atoms with Gasteiger partial charge in [-0.3, -0.25) is 4.79 Å². The molecule has 1 fully saturated rings. The summed E-state index contributed by atoms with van der Waals surface area (Å²) in [6.45, 7) is 5.70. The van der Waals surface area contributed by atoms with E-state index in [4.69, 9.17) is 0 Å². The average molecular weight is 324 g/mol. The van der Waals surface area contributed by atoms with Crippen LogP contribution in [0.5, 0.6) is 0 Å². The number of nitrogens with one attached hydrogen (secondary N) is 1. The first-order valence-corrected chi connectivity index (χ1v) is 8.53. The molecule has 126 valence electrons. The highest BCUT2D eigenvalue weighted by Gasteiger charge is 2.28. The molecule has 5 heteroatoms. The largest absolute Gasteiger partial charge is 0.349 e. The molecule has 2 unspecified atom stereocenters. The van der Waals surface area contributed by atoms with E-state index >= 15 is 0 Å². The van der Waals surface area contributed by atoms with Gasteiger partial charge >= 0.3 is 0 Å². The zero-order valence-electron chi connectivity index (χ0n) is 14.3. The van der Waals surface area contributed by atoms with Gasteiger partial charge in [-0.15, -0.1) is 0 Å². The van der Waals surface area contributed by atoms with Crippen LogP contribution in [0, 0.1) is 12.8 Å². The van der Waals surface area contributed by atoms with Gasteiger partial charge in [-0.1, -0.05) is 24.3 Å². The van der Waals surface area contributed by atoms with Crippen LogP contribution in [0.2, 0.25) is 0 Å². The molecule has 1 aliphatic rings. The van der Waals surface area contributed by atoms with Gasteiger partial charge in [0.15, 0.2) is 0 Å². The Morgan fingerprint density at radius 1 is 1.25 bits per heavy atom. The number of hydrogen-bond donors (Lipinski definition) is 1. The lowest BCUT2D eigenvalue weighted by molar-refractivity contribution is -0.125. The monoisotopic (exact) mass is 324 g/mol. The minimum atomic E-state index is -0.0194. The first-order valence-electron chi connectivity index (χ1n) is 8.53. The minimum Gasteiger partial charge on any atom is -0.349 e. The fourth-order valence-corrected chi connectivity index (χ4v) is 3.31. The van der Waals surface area contributed by atoms with Crippen LogP contribution in [0.3, 0.4) is 0 Å². The summed E-state index contributed by atoms with van der Waals surface area (Å²) in [5.41, 5.74) is 2.37. The maximum Gasteiger partial charge on any atom is 0.225 e. The summed E-state index contributed by atoms with van der Waals surface area (Å²) >= 11 is 0. The van der Waals surface area contributed by atoms with Gasteiger partial charge in [0, 0.05) is 25.5 Å². The molecule has 0 saturated carbocycles. The number of aryl methyl sites for hydroxylation is 1. The number of nitrogens with zero attached hydrogens (tertiary/aromatic N) is 3. The molecule has 5 nitrogen and oxygen atoms in total. The summed E-state index contributed by atoms with van der Waals surface area (Å²) in [7, 11) is 0. The van der Waals surface area contributed by atoms with Crippen LogP contribution >= 0.6 is 0 Å². The Kier molecular flexibility index (Phi) is 5.08. The van der Waals surface area contributed by atoms with Crippen molar-refractivity contribution in [1.29, 1.82) is 0 Å². The number of amides is 1. The summed E-state index contributed by atoms with van der Waals surface area (Å²) in [5.74, 6) is 0.808. The van der Waals surface area contributed by atoms with Crippen LogP contribution in [0.15, 0.2) is 42.7 Å². The Bertz CT molecular complexity index is 689. The molecule has 0 spiro atoms. The van der Waals surface area contributed by atoms with Gasteiger partial charge in [0.1, 0.15) is 0 Å². The van der Waals surface area contributed by atoms with Crippen molar-refractivity contribution in [2.45, 2.75) is 32.7 Å². The van der Waals surface area contributed by atoms with Crippen molar-refractivity contribution in [3.8, 4) is 0 Å². The van der Waals surface area contributed by atoms with Crippen molar-refractivity contribution >= 4 is 11.9 Å². The zero-order valence-corrected chi connectivity index (χ0v) is 14.3. The Morgan fingerprint density at radius 3 is 2.75 bits per heavy atom. The third-order valence-corrected chi connectivity index (χ3v) is 4.64. The predicted molar refractivity (Wildman–Crippen MR) is 94.7 cm³/mol. The molecule has 2 atom stereocenters. The van der Waals surface area contributed by atoms with Crippen LogP contribution in [0.25, 0.3) is 0 Å². The molecule has 1 saturated heterocycles. The second-order valence-corrected chi connectivity index (χ2v) is 6.42. The van der Waals surface area contributed by atoms with Crippen molar-refractivity contribution < 1.29 is 4.79 Å². The Morgan fingerprint density at radius 2 is 2.00 bits per heavy atom. The molecule has 0 radical (unpaired) electrons. The van der Waals surface area contributed by atoms with Crippen LogP contribution in [-0.4, -0.2) is 29.0 Å². The highest BCUT2D eigenvalue weighted by atomic mass is 16.2. The number of anilines is 1. The van der Waals surface area contributed by atoms with Crippen molar-refractivity contribution in [2.75, 3.05) is 18.0 Å². The molecule has 1 aliphatic heterocycles. The molecule has 1 N–H and O–H groups in total. The Balaban J connectivity index is 1.63. The number of piperidine rings is 1. The SMILES string of the molecule is Cc1ccccc1C(C)NC(=O)C1CCCN(c2ncccn2)C1. The van der Waals surface area contributed by atoms with E-state index in [-0.39, 0.29) is 17.9 Å². The molecule has 1 amide bonds. The van der Waals surface area contributed by atoms with Crippen molar-refractivity contribution in [2.24, 2.45) is 5.92 Å². The van der Waals surface area contributed by atoms with Gasteiger partial charge < -0.3 is 10.2 Å². The van der Waals surface area contributed by atoms with Gasteiger partial charge in [-0.25, -0.2) is 9.97 Å². The second-order valence-electron chi connectivity index (χ2n) is 6.42. The molecule has 2 aromatic rings. The number of carbonyl (C=O) groups is 1. The van der Waals surface area contributed by atoms with E-state index in [0.29, 0.717) is 12.5 Å². The summed E-state index contributed by atoms with van der Waals surface area (Å²) in [4.78, 5) is 23.4. The third kappa shape index (κ3) is 3.72. The number of benzene rings is 1. The molecular weight excluding hydrogens is 300 g/mol. The molecular formula is C19H24N4O. The van der Waals surface area contributed by atoms with Crippen molar-refractivity contribution in [1.82, 2.24) is 15.3 Å². The van der Waals surface area contributed by atoms with Crippen molar-refractivity contribution in [3.63, 3.8) is 0 Å². The Hall–Kier alpha value is -2.43. The standard InChI is InChI=1S/C19H24N4O/c1-14-7-3-4-9-17(14)15(2)22-18(24)16-8-5-12-23(13-16)19-20-10-6-11-21-19/h3-4,6-7,9-11,15-16H,5,8,12-13H2,1-2H3,(H,22,24). The number of rotatable bonds is 4. The second kappa shape index (κ2) is 7.43. The maximum atomic E-state index is 12.7. The summed E-state index contributed by atoms with van der Waals surface area (Å²) in [6, 6.07) is 10.0. The normalized spacial score (nSPS) is 18.9. The van der Waals surface area contributed by atoms with Crippen LogP contribution < -0.4 is 10.2 Å². The number of carbonyl (C=O) groups excluding carboxylic acids is 1. The molecule has 2 heterocycles. The lowest BCUT2D eigenvalue weighted by Crippen LogP contribution is -2.44. The molecule has 3 rings (SSSR count). The molecule has 0 aliphatic carbocycles. The van der Waals surface area contributed by atoms with E-state index in [1.165, 1.54) is 11.1 Å². The van der Waals surface area contributed by atoms with E-state index in [0.717, 1.165) is 19.4 Å². The average Bonchev–Trinajstić information content (AvgIpc) is 2.63. The van der Waals surface area contributed by atoms with Gasteiger partial charge in [0.2, 0.25) is 11.9 Å². The number of hydrogen-bond acceptors (Lipinski definition) is 4. The van der Waals surface area contributed by atoms with Crippen LogP contribution in [0.1, 0.15) is 36.9 Å². The number of aromatic nitrogens is 2. The lowest BCUT2D eigenvalue weighted by atomic mass is 9.96. The zero-order chi connectivity index (χ0) is 16.9. The van der Waals surface area contributed by atoms with E-state index < -0.39 is 0 Å². The maximum absolute atomic E-state index is 12.7. The van der Waals surface area contributed by atoms with Gasteiger partial charge in [0.25, 0.3) is 0 Å². The molecule has 0 bridgehead atoms.